The molecule has 0 saturated carbocycles. The molecule has 21 heavy (non-hydrogen) atoms. The van der Waals surface area contributed by atoms with Crippen LogP contribution in [-0.4, -0.2) is 40.8 Å². The molecule has 2 N–H and O–H groups in total. The Morgan fingerprint density at radius 3 is 2.38 bits per heavy atom. The number of carbonyl (C=O) groups excluding carboxylic acids is 1. The molecule has 0 bridgehead atoms. The Bertz CT molecular complexity index is 602. The van der Waals surface area contributed by atoms with Gasteiger partial charge in [0.2, 0.25) is 0 Å². The van der Waals surface area contributed by atoms with Crippen LogP contribution in [0.15, 0.2) is 12.1 Å². The molecule has 1 aromatic heterocycles. The van der Waals surface area contributed by atoms with Crippen molar-refractivity contribution in [1.82, 2.24) is 25.9 Å². The number of amides is 1. The number of rotatable bonds is 5. The van der Waals surface area contributed by atoms with Crippen LogP contribution in [-0.2, 0) is 0 Å². The topological polar surface area (TPSA) is 102 Å². The second-order valence-electron chi connectivity index (χ2n) is 4.47. The lowest BCUT2D eigenvalue weighted by Crippen LogP contribution is -2.27. The fourth-order valence-corrected chi connectivity index (χ4v) is 1.91. The van der Waals surface area contributed by atoms with Crippen molar-refractivity contribution < 1.29 is 14.3 Å². The van der Waals surface area contributed by atoms with Crippen LogP contribution in [0.5, 0.6) is 11.5 Å². The summed E-state index contributed by atoms with van der Waals surface area (Å²) in [6.07, 6.45) is 0. The third-order valence-corrected chi connectivity index (χ3v) is 3.11. The number of nitrogens with one attached hydrogen (secondary N) is 2. The minimum absolute atomic E-state index is 0.274. The highest BCUT2D eigenvalue weighted by Gasteiger charge is 2.17. The molecule has 0 aliphatic rings. The molecular formula is C13H17N5O3. The van der Waals surface area contributed by atoms with Crippen molar-refractivity contribution in [2.45, 2.75) is 19.9 Å². The van der Waals surface area contributed by atoms with E-state index >= 15 is 0 Å². The molecule has 1 amide bonds. The summed E-state index contributed by atoms with van der Waals surface area (Å²) < 4.78 is 10.5. The number of hydrogen-bond donors (Lipinski definition) is 2. The molecule has 2 aromatic rings. The summed E-state index contributed by atoms with van der Waals surface area (Å²) in [6, 6.07) is 2.96. The van der Waals surface area contributed by atoms with Crippen molar-refractivity contribution >= 4 is 5.91 Å². The maximum absolute atomic E-state index is 12.3. The molecular weight excluding hydrogens is 274 g/mol. The molecule has 1 heterocycles. The monoisotopic (exact) mass is 291 g/mol. The zero-order valence-electron chi connectivity index (χ0n) is 12.3. The number of methoxy groups -OCH3 is 2. The largest absolute Gasteiger partial charge is 0.496 e. The van der Waals surface area contributed by atoms with E-state index in [2.05, 4.69) is 25.9 Å². The van der Waals surface area contributed by atoms with E-state index in [1.807, 2.05) is 6.92 Å². The highest BCUT2D eigenvalue weighted by Crippen LogP contribution is 2.29. The lowest BCUT2D eigenvalue weighted by molar-refractivity contribution is 0.0937. The molecule has 0 radical (unpaired) electrons. The number of nitrogens with zero attached hydrogens (tertiary/aromatic N) is 3. The van der Waals surface area contributed by atoms with Crippen molar-refractivity contribution in [3.05, 3.63) is 29.1 Å². The van der Waals surface area contributed by atoms with Crippen molar-refractivity contribution in [3.63, 3.8) is 0 Å². The number of aromatic amines is 1. The normalized spacial score (nSPS) is 11.8. The first-order valence-electron chi connectivity index (χ1n) is 6.33. The SMILES string of the molecule is COc1cc(C(=O)NC(C)c2nn[nH]n2)cc(OC)c1C. The van der Waals surface area contributed by atoms with Gasteiger partial charge in [-0.2, -0.15) is 5.21 Å². The predicted octanol–water partition coefficient (Wildman–Crippen LogP) is 1.02. The second-order valence-corrected chi connectivity index (χ2v) is 4.47. The quantitative estimate of drug-likeness (QED) is 0.852. The zero-order valence-corrected chi connectivity index (χ0v) is 12.3. The van der Waals surface area contributed by atoms with Gasteiger partial charge >= 0.3 is 0 Å². The van der Waals surface area contributed by atoms with Crippen LogP contribution in [0.1, 0.15) is 34.7 Å². The molecule has 0 spiro atoms. The summed E-state index contributed by atoms with van der Waals surface area (Å²) in [7, 11) is 3.09. The van der Waals surface area contributed by atoms with Crippen molar-refractivity contribution in [3.8, 4) is 11.5 Å². The van der Waals surface area contributed by atoms with E-state index in [-0.39, 0.29) is 11.9 Å². The van der Waals surface area contributed by atoms with Gasteiger partial charge in [-0.05, 0) is 26.0 Å². The van der Waals surface area contributed by atoms with Crippen LogP contribution in [0.4, 0.5) is 0 Å². The minimum atomic E-state index is -0.366. The van der Waals surface area contributed by atoms with Gasteiger partial charge in [-0.3, -0.25) is 4.79 Å². The van der Waals surface area contributed by atoms with E-state index in [0.29, 0.717) is 22.9 Å². The number of H-pyrrole nitrogens is 1. The Kier molecular flexibility index (Phi) is 4.36. The predicted molar refractivity (Wildman–Crippen MR) is 74.3 cm³/mol. The highest BCUT2D eigenvalue weighted by molar-refractivity contribution is 5.95. The van der Waals surface area contributed by atoms with Crippen LogP contribution in [0, 0.1) is 6.92 Å². The third kappa shape index (κ3) is 3.10. The molecule has 1 atom stereocenters. The summed E-state index contributed by atoms with van der Waals surface area (Å²) >= 11 is 0. The molecule has 0 aliphatic carbocycles. The number of carbonyl (C=O) groups is 1. The Balaban J connectivity index is 2.23. The van der Waals surface area contributed by atoms with Crippen LogP contribution in [0.25, 0.3) is 0 Å². The standard InChI is InChI=1S/C13H17N5O3/c1-7-10(20-3)5-9(6-11(7)21-4)13(19)14-8(2)12-15-17-18-16-12/h5-6,8H,1-4H3,(H,14,19)(H,15,16,17,18). The first-order valence-corrected chi connectivity index (χ1v) is 6.33. The van der Waals surface area contributed by atoms with Gasteiger partial charge in [0.05, 0.1) is 20.3 Å². The molecule has 2 rings (SSSR count). The Labute approximate surface area is 121 Å². The molecule has 1 aromatic carbocycles. The lowest BCUT2D eigenvalue weighted by atomic mass is 10.1. The van der Waals surface area contributed by atoms with Crippen molar-refractivity contribution in [2.24, 2.45) is 0 Å². The zero-order chi connectivity index (χ0) is 15.4. The van der Waals surface area contributed by atoms with Gasteiger partial charge in [0.1, 0.15) is 11.5 Å². The first kappa shape index (κ1) is 14.8. The van der Waals surface area contributed by atoms with E-state index in [1.165, 1.54) is 0 Å². The Hall–Kier alpha value is -2.64. The van der Waals surface area contributed by atoms with E-state index in [0.717, 1.165) is 5.56 Å². The van der Waals surface area contributed by atoms with Gasteiger partial charge in [0.25, 0.3) is 5.91 Å². The van der Waals surface area contributed by atoms with E-state index in [1.54, 1.807) is 33.3 Å². The van der Waals surface area contributed by atoms with Crippen molar-refractivity contribution in [2.75, 3.05) is 14.2 Å². The first-order chi connectivity index (χ1) is 10.1. The number of aromatic nitrogens is 4. The van der Waals surface area contributed by atoms with E-state index in [9.17, 15) is 4.79 Å². The summed E-state index contributed by atoms with van der Waals surface area (Å²) in [5, 5.41) is 16.3. The number of benzene rings is 1. The van der Waals surface area contributed by atoms with Gasteiger partial charge in [0.15, 0.2) is 5.82 Å². The van der Waals surface area contributed by atoms with Crippen LogP contribution in [0.3, 0.4) is 0 Å². The van der Waals surface area contributed by atoms with Crippen LogP contribution >= 0.6 is 0 Å². The summed E-state index contributed by atoms with van der Waals surface area (Å²) in [5.74, 6) is 1.32. The van der Waals surface area contributed by atoms with Crippen molar-refractivity contribution in [1.29, 1.82) is 0 Å². The fraction of sp³-hybridized carbons (Fsp3) is 0.385. The summed E-state index contributed by atoms with van der Waals surface area (Å²) in [6.45, 7) is 3.63. The second kappa shape index (κ2) is 6.21. The smallest absolute Gasteiger partial charge is 0.252 e. The molecule has 1 unspecified atom stereocenters. The molecule has 112 valence electrons. The molecule has 0 fully saturated rings. The highest BCUT2D eigenvalue weighted by atomic mass is 16.5. The summed E-state index contributed by atoms with van der Waals surface area (Å²) in [4.78, 5) is 12.3. The van der Waals surface area contributed by atoms with E-state index in [4.69, 9.17) is 9.47 Å². The fourth-order valence-electron chi connectivity index (χ4n) is 1.91. The lowest BCUT2D eigenvalue weighted by Gasteiger charge is -2.14. The maximum atomic E-state index is 12.3. The number of tetrazole rings is 1. The molecule has 8 nitrogen and oxygen atoms in total. The summed E-state index contributed by atoms with van der Waals surface area (Å²) in [5.41, 5.74) is 1.27. The molecule has 0 saturated heterocycles. The van der Waals surface area contributed by atoms with Gasteiger partial charge in [-0.15, -0.1) is 10.2 Å². The number of ether oxygens (including phenoxy) is 2. The van der Waals surface area contributed by atoms with Gasteiger partial charge < -0.3 is 14.8 Å². The Morgan fingerprint density at radius 1 is 1.29 bits per heavy atom. The van der Waals surface area contributed by atoms with Gasteiger partial charge in [-0.1, -0.05) is 5.21 Å². The Morgan fingerprint density at radius 2 is 1.90 bits per heavy atom. The molecule has 0 aliphatic heterocycles. The van der Waals surface area contributed by atoms with Gasteiger partial charge in [0, 0.05) is 11.1 Å². The molecule has 8 heteroatoms. The van der Waals surface area contributed by atoms with Crippen LogP contribution in [0.2, 0.25) is 0 Å². The minimum Gasteiger partial charge on any atom is -0.496 e. The van der Waals surface area contributed by atoms with Crippen LogP contribution < -0.4 is 14.8 Å². The third-order valence-electron chi connectivity index (χ3n) is 3.11. The van der Waals surface area contributed by atoms with Gasteiger partial charge in [-0.25, -0.2) is 0 Å². The number of hydrogen-bond acceptors (Lipinski definition) is 6. The average molecular weight is 291 g/mol. The average Bonchev–Trinajstić information content (AvgIpc) is 3.01. The maximum Gasteiger partial charge on any atom is 0.252 e. The van der Waals surface area contributed by atoms with E-state index < -0.39 is 0 Å².